The molecule has 138 valence electrons. The topological polar surface area (TPSA) is 59.2 Å². The van der Waals surface area contributed by atoms with Gasteiger partial charge in [-0.2, -0.15) is 4.98 Å². The van der Waals surface area contributed by atoms with Crippen LogP contribution >= 0.6 is 11.6 Å². The summed E-state index contributed by atoms with van der Waals surface area (Å²) in [6.45, 7) is 4.35. The van der Waals surface area contributed by atoms with Gasteiger partial charge in [0.1, 0.15) is 5.82 Å². The highest BCUT2D eigenvalue weighted by atomic mass is 35.5. The van der Waals surface area contributed by atoms with Crippen molar-refractivity contribution < 1.29 is 13.7 Å². The molecule has 1 fully saturated rings. The summed E-state index contributed by atoms with van der Waals surface area (Å²) in [5.74, 6) is -0.0964. The van der Waals surface area contributed by atoms with Crippen LogP contribution < -0.4 is 4.90 Å². The Kier molecular flexibility index (Phi) is 4.44. The lowest BCUT2D eigenvalue weighted by Crippen LogP contribution is -2.25. The summed E-state index contributed by atoms with van der Waals surface area (Å²) >= 11 is 5.79. The van der Waals surface area contributed by atoms with Gasteiger partial charge in [0.15, 0.2) is 5.82 Å². The molecule has 0 saturated carbocycles. The number of hydrogen-bond donors (Lipinski definition) is 0. The molecular weight excluding hydrogens is 369 g/mol. The van der Waals surface area contributed by atoms with Gasteiger partial charge in [0.2, 0.25) is 5.91 Å². The van der Waals surface area contributed by atoms with E-state index in [2.05, 4.69) is 10.1 Å². The maximum atomic E-state index is 14.2. The highest BCUT2D eigenvalue weighted by Crippen LogP contribution is 2.33. The summed E-state index contributed by atoms with van der Waals surface area (Å²) < 4.78 is 19.6. The molecule has 1 aromatic heterocycles. The summed E-state index contributed by atoms with van der Waals surface area (Å²) in [6, 6.07) is 10.2. The van der Waals surface area contributed by atoms with Crippen molar-refractivity contribution in [3.63, 3.8) is 0 Å². The van der Waals surface area contributed by atoms with Gasteiger partial charge in [0.05, 0.1) is 5.69 Å². The van der Waals surface area contributed by atoms with E-state index in [0.29, 0.717) is 18.3 Å². The Morgan fingerprint density at radius 1 is 1.19 bits per heavy atom. The number of hydrogen-bond acceptors (Lipinski definition) is 4. The van der Waals surface area contributed by atoms with E-state index in [4.69, 9.17) is 16.1 Å². The van der Waals surface area contributed by atoms with E-state index in [1.807, 2.05) is 32.0 Å². The smallest absolute Gasteiger partial charge is 0.257 e. The minimum atomic E-state index is -0.527. The lowest BCUT2D eigenvalue weighted by Gasteiger charge is -2.17. The van der Waals surface area contributed by atoms with Gasteiger partial charge in [-0.3, -0.25) is 4.79 Å². The number of rotatable bonds is 3. The zero-order valence-electron chi connectivity index (χ0n) is 14.9. The first-order valence-electron chi connectivity index (χ1n) is 8.59. The molecule has 1 aliphatic rings. The number of benzene rings is 2. The summed E-state index contributed by atoms with van der Waals surface area (Å²) in [6.07, 6.45) is 0.202. The molecule has 7 heteroatoms. The van der Waals surface area contributed by atoms with Gasteiger partial charge in [-0.15, -0.1) is 0 Å². The standard InChI is InChI=1S/C20H17ClFN3O2/c1-11-3-4-13(7-12(11)2)20-23-19(24-27-20)14-8-18(26)25(10-14)17-6-5-15(21)9-16(17)22/h3-7,9,14H,8,10H2,1-2H3. The molecule has 5 nitrogen and oxygen atoms in total. The summed E-state index contributed by atoms with van der Waals surface area (Å²) in [5, 5.41) is 4.33. The van der Waals surface area contributed by atoms with Gasteiger partial charge in [-0.1, -0.05) is 22.8 Å². The van der Waals surface area contributed by atoms with Crippen molar-refractivity contribution in [2.75, 3.05) is 11.4 Å². The number of carbonyl (C=O) groups excluding carboxylic acids is 1. The second-order valence-corrected chi connectivity index (χ2v) is 7.19. The minimum absolute atomic E-state index is 0.182. The van der Waals surface area contributed by atoms with Crippen LogP contribution in [0.15, 0.2) is 40.9 Å². The quantitative estimate of drug-likeness (QED) is 0.657. The van der Waals surface area contributed by atoms with Crippen molar-refractivity contribution in [1.82, 2.24) is 10.1 Å². The minimum Gasteiger partial charge on any atom is -0.334 e. The Balaban J connectivity index is 1.57. The maximum absolute atomic E-state index is 14.2. The third-order valence-corrected chi connectivity index (χ3v) is 5.12. The van der Waals surface area contributed by atoms with Crippen molar-refractivity contribution in [3.05, 3.63) is 64.2 Å². The Morgan fingerprint density at radius 2 is 2.00 bits per heavy atom. The Morgan fingerprint density at radius 3 is 2.74 bits per heavy atom. The molecule has 1 unspecified atom stereocenters. The fraction of sp³-hybridized carbons (Fsp3) is 0.250. The number of aryl methyl sites for hydroxylation is 2. The van der Waals surface area contributed by atoms with E-state index in [0.717, 1.165) is 11.1 Å². The second-order valence-electron chi connectivity index (χ2n) is 6.76. The number of halogens is 2. The SMILES string of the molecule is Cc1ccc(-c2nc(C3CC(=O)N(c4ccc(Cl)cc4F)C3)no2)cc1C. The van der Waals surface area contributed by atoms with E-state index < -0.39 is 5.82 Å². The van der Waals surface area contributed by atoms with Crippen LogP contribution in [0.1, 0.15) is 29.3 Å². The highest BCUT2D eigenvalue weighted by molar-refractivity contribution is 6.30. The van der Waals surface area contributed by atoms with Crippen LogP contribution in [0.25, 0.3) is 11.5 Å². The summed E-state index contributed by atoms with van der Waals surface area (Å²) in [7, 11) is 0. The lowest BCUT2D eigenvalue weighted by molar-refractivity contribution is -0.117. The molecule has 0 radical (unpaired) electrons. The average Bonchev–Trinajstić information content (AvgIpc) is 3.25. The molecule has 1 saturated heterocycles. The normalized spacial score (nSPS) is 17.0. The van der Waals surface area contributed by atoms with Crippen LogP contribution in [-0.4, -0.2) is 22.6 Å². The van der Waals surface area contributed by atoms with Gasteiger partial charge >= 0.3 is 0 Å². The van der Waals surface area contributed by atoms with Gasteiger partial charge in [-0.05, 0) is 55.3 Å². The molecule has 1 aliphatic heterocycles. The van der Waals surface area contributed by atoms with E-state index in [-0.39, 0.29) is 29.0 Å². The molecule has 0 aliphatic carbocycles. The van der Waals surface area contributed by atoms with Gasteiger partial charge in [0, 0.05) is 29.5 Å². The van der Waals surface area contributed by atoms with E-state index >= 15 is 0 Å². The van der Waals surface area contributed by atoms with Crippen LogP contribution in [0.2, 0.25) is 5.02 Å². The van der Waals surface area contributed by atoms with Crippen molar-refractivity contribution in [2.45, 2.75) is 26.2 Å². The fourth-order valence-electron chi connectivity index (χ4n) is 3.21. The van der Waals surface area contributed by atoms with Gasteiger partial charge in [-0.25, -0.2) is 4.39 Å². The molecule has 1 amide bonds. The molecule has 4 rings (SSSR count). The molecule has 2 aromatic carbocycles. The second kappa shape index (κ2) is 6.78. The third kappa shape index (κ3) is 3.32. The predicted molar refractivity (Wildman–Crippen MR) is 100 cm³/mol. The molecule has 3 aromatic rings. The molecule has 27 heavy (non-hydrogen) atoms. The first-order valence-corrected chi connectivity index (χ1v) is 8.97. The van der Waals surface area contributed by atoms with Crippen molar-refractivity contribution >= 4 is 23.2 Å². The van der Waals surface area contributed by atoms with Crippen molar-refractivity contribution in [3.8, 4) is 11.5 Å². The lowest BCUT2D eigenvalue weighted by atomic mass is 10.1. The largest absolute Gasteiger partial charge is 0.334 e. The zero-order chi connectivity index (χ0) is 19.1. The molecular formula is C20H17ClFN3O2. The van der Waals surface area contributed by atoms with Crippen molar-refractivity contribution in [1.29, 1.82) is 0 Å². The van der Waals surface area contributed by atoms with Crippen LogP contribution in [0.3, 0.4) is 0 Å². The summed E-state index contributed by atoms with van der Waals surface area (Å²) in [4.78, 5) is 18.3. The average molecular weight is 386 g/mol. The number of nitrogens with zero attached hydrogens (tertiary/aromatic N) is 3. The first-order chi connectivity index (χ1) is 12.9. The first kappa shape index (κ1) is 17.7. The predicted octanol–water partition coefficient (Wildman–Crippen LogP) is 4.67. The number of anilines is 1. The molecule has 2 heterocycles. The van der Waals surface area contributed by atoms with Crippen LogP contribution in [0.4, 0.5) is 10.1 Å². The maximum Gasteiger partial charge on any atom is 0.257 e. The van der Waals surface area contributed by atoms with Crippen LogP contribution in [0, 0.1) is 19.7 Å². The summed E-state index contributed by atoms with van der Waals surface area (Å²) in [5.41, 5.74) is 3.36. The number of amides is 1. The van der Waals surface area contributed by atoms with E-state index in [1.54, 1.807) is 6.07 Å². The fourth-order valence-corrected chi connectivity index (χ4v) is 3.36. The van der Waals surface area contributed by atoms with Gasteiger partial charge < -0.3 is 9.42 Å². The number of aromatic nitrogens is 2. The Bertz CT molecular complexity index is 1030. The highest BCUT2D eigenvalue weighted by Gasteiger charge is 2.35. The van der Waals surface area contributed by atoms with Crippen LogP contribution in [0.5, 0.6) is 0 Å². The Hall–Kier alpha value is -2.73. The van der Waals surface area contributed by atoms with E-state index in [9.17, 15) is 9.18 Å². The molecule has 0 N–H and O–H groups in total. The monoisotopic (exact) mass is 385 g/mol. The Labute approximate surface area is 160 Å². The van der Waals surface area contributed by atoms with Gasteiger partial charge in [0.25, 0.3) is 5.89 Å². The number of carbonyl (C=O) groups is 1. The van der Waals surface area contributed by atoms with Crippen molar-refractivity contribution in [2.24, 2.45) is 0 Å². The zero-order valence-corrected chi connectivity index (χ0v) is 15.6. The van der Waals surface area contributed by atoms with E-state index in [1.165, 1.54) is 22.6 Å². The molecule has 0 spiro atoms. The van der Waals surface area contributed by atoms with Crippen LogP contribution in [-0.2, 0) is 4.79 Å². The molecule has 1 atom stereocenters. The molecule has 0 bridgehead atoms. The third-order valence-electron chi connectivity index (χ3n) is 4.89.